The summed E-state index contributed by atoms with van der Waals surface area (Å²) in [5, 5.41) is 2.82. The van der Waals surface area contributed by atoms with Gasteiger partial charge in [0.1, 0.15) is 22.1 Å². The van der Waals surface area contributed by atoms with Gasteiger partial charge in [0.15, 0.2) is 0 Å². The number of unbranched alkanes of at least 4 members (excludes halogenated alkanes) is 1. The van der Waals surface area contributed by atoms with E-state index in [0.29, 0.717) is 12.2 Å². The highest BCUT2D eigenvalue weighted by Crippen LogP contribution is 2.30. The van der Waals surface area contributed by atoms with E-state index in [1.807, 2.05) is 6.92 Å². The minimum Gasteiger partial charge on any atom is -0.492 e. The van der Waals surface area contributed by atoms with Crippen LogP contribution >= 0.6 is 0 Å². The number of aromatic nitrogens is 2. The summed E-state index contributed by atoms with van der Waals surface area (Å²) >= 11 is 0. The summed E-state index contributed by atoms with van der Waals surface area (Å²) in [6.45, 7) is 2.51. The van der Waals surface area contributed by atoms with Gasteiger partial charge in [0.2, 0.25) is 9.84 Å². The highest BCUT2D eigenvalue weighted by molar-refractivity contribution is 7.91. The van der Waals surface area contributed by atoms with Crippen LogP contribution in [-0.4, -0.2) is 30.3 Å². The normalized spacial score (nSPS) is 11.5. The largest absolute Gasteiger partial charge is 0.492 e. The first-order chi connectivity index (χ1) is 16.4. The van der Waals surface area contributed by atoms with Gasteiger partial charge in [-0.2, -0.15) is 0 Å². The maximum absolute atomic E-state index is 13.7. The minimum atomic E-state index is -3.92. The molecule has 0 aliphatic carbocycles. The van der Waals surface area contributed by atoms with Crippen molar-refractivity contribution in [2.75, 3.05) is 6.61 Å². The standard InChI is InChI=1S/C25H24FN3O4S/c1-2-3-14-33-22-15-20(26)7-10-23(22)34(31,32)21-8-4-18(5-9-21)16-28-25(30)19-6-11-24-27-12-13-29(24)17-19/h4-13,15,17H,2-3,14,16H2,1H3,(H,28,30). The molecule has 1 amide bonds. The second-order valence-electron chi connectivity index (χ2n) is 7.73. The smallest absolute Gasteiger partial charge is 0.253 e. The van der Waals surface area contributed by atoms with Crippen LogP contribution in [0.3, 0.4) is 0 Å². The Morgan fingerprint density at radius 1 is 1.12 bits per heavy atom. The molecule has 0 fully saturated rings. The van der Waals surface area contributed by atoms with E-state index in [0.717, 1.165) is 36.2 Å². The third kappa shape index (κ3) is 5.09. The van der Waals surface area contributed by atoms with Crippen LogP contribution in [0.1, 0.15) is 35.7 Å². The van der Waals surface area contributed by atoms with Gasteiger partial charge in [0.25, 0.3) is 5.91 Å². The summed E-state index contributed by atoms with van der Waals surface area (Å²) in [5.74, 6) is -0.823. The van der Waals surface area contributed by atoms with Gasteiger partial charge in [-0.05, 0) is 48.4 Å². The van der Waals surface area contributed by atoms with E-state index < -0.39 is 15.7 Å². The van der Waals surface area contributed by atoms with Crippen molar-refractivity contribution in [1.29, 1.82) is 0 Å². The molecule has 2 aromatic carbocycles. The zero-order valence-corrected chi connectivity index (χ0v) is 19.4. The zero-order chi connectivity index (χ0) is 24.1. The van der Waals surface area contributed by atoms with Gasteiger partial charge < -0.3 is 14.5 Å². The van der Waals surface area contributed by atoms with Crippen molar-refractivity contribution >= 4 is 21.4 Å². The number of benzene rings is 2. The van der Waals surface area contributed by atoms with Gasteiger partial charge in [0.05, 0.1) is 17.1 Å². The van der Waals surface area contributed by atoms with Gasteiger partial charge in [-0.25, -0.2) is 17.8 Å². The Morgan fingerprint density at radius 2 is 1.91 bits per heavy atom. The summed E-state index contributed by atoms with van der Waals surface area (Å²) in [6.07, 6.45) is 6.70. The molecule has 0 radical (unpaired) electrons. The fourth-order valence-corrected chi connectivity index (χ4v) is 4.77. The van der Waals surface area contributed by atoms with Crippen LogP contribution in [0.5, 0.6) is 5.75 Å². The first-order valence-electron chi connectivity index (χ1n) is 10.9. The summed E-state index contributed by atoms with van der Waals surface area (Å²) in [5.41, 5.74) is 1.96. The van der Waals surface area contributed by atoms with Crippen LogP contribution in [0.2, 0.25) is 0 Å². The molecule has 0 saturated carbocycles. The number of pyridine rings is 1. The molecule has 176 valence electrons. The molecule has 0 unspecified atom stereocenters. The number of sulfone groups is 1. The van der Waals surface area contributed by atoms with E-state index in [2.05, 4.69) is 10.3 Å². The molecular weight excluding hydrogens is 457 g/mol. The Kier molecular flexibility index (Phi) is 6.93. The Morgan fingerprint density at radius 3 is 2.68 bits per heavy atom. The fourth-order valence-electron chi connectivity index (χ4n) is 3.40. The number of hydrogen-bond acceptors (Lipinski definition) is 5. The number of ether oxygens (including phenoxy) is 1. The maximum atomic E-state index is 13.7. The van der Waals surface area contributed by atoms with Crippen molar-refractivity contribution < 1.29 is 22.3 Å². The quantitative estimate of drug-likeness (QED) is 0.282. The highest BCUT2D eigenvalue weighted by Gasteiger charge is 2.23. The SMILES string of the molecule is CCCCOc1cc(F)ccc1S(=O)(=O)c1ccc(CNC(=O)c2ccc3nccn3c2)cc1. The molecule has 0 atom stereocenters. The predicted octanol–water partition coefficient (Wildman–Crippen LogP) is 4.42. The highest BCUT2D eigenvalue weighted by atomic mass is 32.2. The molecule has 4 aromatic rings. The number of carbonyl (C=O) groups excluding carboxylic acids is 1. The van der Waals surface area contributed by atoms with Crippen LogP contribution in [0.15, 0.2) is 83.0 Å². The van der Waals surface area contributed by atoms with Gasteiger partial charge in [-0.1, -0.05) is 25.5 Å². The molecule has 0 aliphatic rings. The summed E-state index contributed by atoms with van der Waals surface area (Å²) in [4.78, 5) is 16.6. The monoisotopic (exact) mass is 481 g/mol. The van der Waals surface area contributed by atoms with Gasteiger partial charge >= 0.3 is 0 Å². The molecular formula is C25H24FN3O4S. The predicted molar refractivity (Wildman–Crippen MR) is 125 cm³/mol. The lowest BCUT2D eigenvalue weighted by Gasteiger charge is -2.13. The van der Waals surface area contributed by atoms with E-state index in [1.165, 1.54) is 18.2 Å². The van der Waals surface area contributed by atoms with Crippen LogP contribution in [0, 0.1) is 5.82 Å². The molecule has 0 aliphatic heterocycles. The van der Waals surface area contributed by atoms with E-state index >= 15 is 0 Å². The Bertz CT molecular complexity index is 1420. The topological polar surface area (TPSA) is 89.8 Å². The maximum Gasteiger partial charge on any atom is 0.253 e. The first kappa shape index (κ1) is 23.4. The van der Waals surface area contributed by atoms with Crippen LogP contribution < -0.4 is 10.1 Å². The second kappa shape index (κ2) is 10.0. The number of halogens is 1. The van der Waals surface area contributed by atoms with E-state index in [4.69, 9.17) is 4.74 Å². The third-order valence-corrected chi connectivity index (χ3v) is 7.10. The first-order valence-corrected chi connectivity index (χ1v) is 12.3. The average Bonchev–Trinajstić information content (AvgIpc) is 3.31. The molecule has 0 saturated heterocycles. The molecule has 1 N–H and O–H groups in total. The number of nitrogens with one attached hydrogen (secondary N) is 1. The average molecular weight is 482 g/mol. The number of nitrogens with zero attached hydrogens (tertiary/aromatic N) is 2. The van der Waals surface area contributed by atoms with Gasteiger partial charge in [-0.3, -0.25) is 4.79 Å². The minimum absolute atomic E-state index is 0.000323. The molecule has 7 nitrogen and oxygen atoms in total. The lowest BCUT2D eigenvalue weighted by Crippen LogP contribution is -2.23. The Hall–Kier alpha value is -3.72. The number of hydrogen-bond donors (Lipinski definition) is 1. The number of amides is 1. The van der Waals surface area contributed by atoms with Crippen molar-refractivity contribution in [1.82, 2.24) is 14.7 Å². The number of carbonyl (C=O) groups is 1. The molecule has 2 heterocycles. The van der Waals surface area contributed by atoms with Crippen molar-refractivity contribution in [3.05, 3.63) is 90.1 Å². The summed E-state index contributed by atoms with van der Waals surface area (Å²) < 4.78 is 47.4. The molecule has 34 heavy (non-hydrogen) atoms. The van der Waals surface area contributed by atoms with Crippen LogP contribution in [-0.2, 0) is 16.4 Å². The number of rotatable bonds is 9. The van der Waals surface area contributed by atoms with E-state index in [1.54, 1.807) is 47.3 Å². The van der Waals surface area contributed by atoms with E-state index in [9.17, 15) is 17.6 Å². The molecule has 4 rings (SSSR count). The lowest BCUT2D eigenvalue weighted by molar-refractivity contribution is 0.0950. The molecule has 9 heteroatoms. The van der Waals surface area contributed by atoms with Gasteiger partial charge in [0, 0.05) is 31.2 Å². The van der Waals surface area contributed by atoms with Crippen LogP contribution in [0.25, 0.3) is 5.65 Å². The zero-order valence-electron chi connectivity index (χ0n) is 18.6. The summed E-state index contributed by atoms with van der Waals surface area (Å²) in [7, 11) is -3.92. The summed E-state index contributed by atoms with van der Waals surface area (Å²) in [6, 6.07) is 13.1. The molecule has 2 aromatic heterocycles. The second-order valence-corrected chi connectivity index (χ2v) is 9.65. The third-order valence-electron chi connectivity index (χ3n) is 5.29. The van der Waals surface area contributed by atoms with E-state index in [-0.39, 0.29) is 28.0 Å². The van der Waals surface area contributed by atoms with Crippen LogP contribution in [0.4, 0.5) is 4.39 Å². The number of imidazole rings is 1. The van der Waals surface area contributed by atoms with Crippen molar-refractivity contribution in [2.24, 2.45) is 0 Å². The Labute approximate surface area is 197 Å². The molecule has 0 spiro atoms. The van der Waals surface area contributed by atoms with Crippen molar-refractivity contribution in [3.8, 4) is 5.75 Å². The van der Waals surface area contributed by atoms with Crippen molar-refractivity contribution in [3.63, 3.8) is 0 Å². The van der Waals surface area contributed by atoms with Crippen molar-refractivity contribution in [2.45, 2.75) is 36.1 Å². The Balaban J connectivity index is 1.47. The fraction of sp³-hybridized carbons (Fsp3) is 0.200. The van der Waals surface area contributed by atoms with Gasteiger partial charge in [-0.15, -0.1) is 0 Å². The lowest BCUT2D eigenvalue weighted by atomic mass is 10.2. The number of fused-ring (bicyclic) bond motifs is 1. The molecule has 0 bridgehead atoms.